The summed E-state index contributed by atoms with van der Waals surface area (Å²) in [5.41, 5.74) is 27.0. The summed E-state index contributed by atoms with van der Waals surface area (Å²) < 4.78 is 7.28. The van der Waals surface area contributed by atoms with Crippen LogP contribution in [0.4, 0.5) is 34.1 Å². The van der Waals surface area contributed by atoms with Crippen LogP contribution in [-0.4, -0.2) is 34.8 Å². The highest BCUT2D eigenvalue weighted by atomic mass is 15.1. The lowest BCUT2D eigenvalue weighted by atomic mass is 9.85. The second kappa shape index (κ2) is 31.4. The van der Waals surface area contributed by atoms with Crippen LogP contribution in [0.1, 0.15) is 167 Å². The van der Waals surface area contributed by atoms with Gasteiger partial charge in [0, 0.05) is 105 Å². The Labute approximate surface area is 625 Å². The minimum absolute atomic E-state index is 0.105. The third-order valence-corrected chi connectivity index (χ3v) is 22.1. The van der Waals surface area contributed by atoms with E-state index in [-0.39, 0.29) is 10.8 Å². The van der Waals surface area contributed by atoms with E-state index >= 15 is 0 Å². The average molecular weight is 1380 g/mol. The zero-order valence-corrected chi connectivity index (χ0v) is 65.0. The first-order valence-corrected chi connectivity index (χ1v) is 38.7. The van der Waals surface area contributed by atoms with Gasteiger partial charge in [-0.2, -0.15) is 0 Å². The van der Waals surface area contributed by atoms with Crippen molar-refractivity contribution in [2.45, 2.75) is 157 Å². The van der Waals surface area contributed by atoms with Crippen molar-refractivity contribution in [1.29, 1.82) is 0 Å². The van der Waals surface area contributed by atoms with Crippen molar-refractivity contribution in [3.8, 4) is 17.1 Å². The van der Waals surface area contributed by atoms with Crippen LogP contribution in [0.15, 0.2) is 273 Å². The molecular weight excluding hydrogens is 1270 g/mol. The van der Waals surface area contributed by atoms with Gasteiger partial charge in [0.1, 0.15) is 0 Å². The molecule has 0 fully saturated rings. The maximum Gasteiger partial charge on any atom is 0.0541 e. The third kappa shape index (κ3) is 15.4. The number of hydrogen-bond acceptors (Lipinski definition) is 3. The minimum atomic E-state index is 0.105. The van der Waals surface area contributed by atoms with Crippen LogP contribution < -0.4 is 14.7 Å². The average Bonchev–Trinajstić information content (AvgIpc) is 1.60. The van der Waals surface area contributed by atoms with Crippen molar-refractivity contribution in [2.75, 3.05) is 35.8 Å². The van der Waals surface area contributed by atoms with Gasteiger partial charge in [-0.1, -0.05) is 187 Å². The number of rotatable bonds is 19. The first kappa shape index (κ1) is 72.8. The second-order valence-electron chi connectivity index (χ2n) is 31.3. The fraction of sp³-hybridized carbons (Fsp3) is 0.273. The van der Waals surface area contributed by atoms with Crippen LogP contribution in [0.2, 0.25) is 0 Å². The molecule has 0 aliphatic rings. The van der Waals surface area contributed by atoms with Crippen LogP contribution in [0, 0.1) is 0 Å². The molecule has 0 aliphatic carbocycles. The van der Waals surface area contributed by atoms with Crippen LogP contribution in [-0.2, 0) is 23.7 Å². The number of anilines is 6. The fourth-order valence-corrected chi connectivity index (χ4v) is 15.0. The quantitative estimate of drug-likeness (QED) is 0.0806. The molecule has 0 amide bonds. The smallest absolute Gasteiger partial charge is 0.0541 e. The Morgan fingerprint density at radius 1 is 0.286 bits per heavy atom. The first-order valence-electron chi connectivity index (χ1n) is 38.7. The maximum atomic E-state index is 2.44. The molecule has 0 saturated carbocycles. The number of unbranched alkanes of at least 4 members (excludes halogenated alkanes) is 2. The fourth-order valence-electron chi connectivity index (χ4n) is 15.0. The van der Waals surface area contributed by atoms with Crippen molar-refractivity contribution < 1.29 is 0 Å². The van der Waals surface area contributed by atoms with E-state index in [4.69, 9.17) is 0 Å². The summed E-state index contributed by atoms with van der Waals surface area (Å²) in [4.78, 5) is 6.68. The highest BCUT2D eigenvalue weighted by Gasteiger charge is 2.23. The summed E-state index contributed by atoms with van der Waals surface area (Å²) in [5, 5.41) is 8.10. The van der Waals surface area contributed by atoms with Gasteiger partial charge in [-0.15, -0.1) is 0 Å². The monoisotopic (exact) mass is 1380 g/mol. The molecule has 2 atom stereocenters. The van der Waals surface area contributed by atoms with Gasteiger partial charge in [0.25, 0.3) is 0 Å². The Kier molecular flexibility index (Phi) is 21.8. The van der Waals surface area contributed by atoms with Crippen molar-refractivity contribution in [3.05, 3.63) is 306 Å². The Balaban J connectivity index is 0.000000140. The first-order chi connectivity index (χ1) is 50.7. The number of aryl methyl sites for hydroxylation is 2. The lowest BCUT2D eigenvalue weighted by Crippen LogP contribution is -2.10. The van der Waals surface area contributed by atoms with E-state index in [1.165, 1.54) is 176 Å². The molecule has 6 heteroatoms. The predicted octanol–water partition coefficient (Wildman–Crippen LogP) is 28.0. The van der Waals surface area contributed by atoms with E-state index in [1.54, 1.807) is 0 Å². The van der Waals surface area contributed by atoms with Crippen molar-refractivity contribution >= 4 is 99.5 Å². The molecule has 0 aliphatic heterocycles. The highest BCUT2D eigenvalue weighted by Crippen LogP contribution is 2.42. The molecule has 0 bridgehead atoms. The number of para-hydroxylation sites is 3. The number of nitrogens with zero attached hydrogens (tertiary/aromatic N) is 6. The summed E-state index contributed by atoms with van der Waals surface area (Å²) in [6, 6.07) is 101. The molecule has 12 aromatic carbocycles. The van der Waals surface area contributed by atoms with Gasteiger partial charge in [0.15, 0.2) is 0 Å². The zero-order chi connectivity index (χ0) is 73.7. The molecule has 15 rings (SSSR count). The Hall–Kier alpha value is -10.6. The van der Waals surface area contributed by atoms with Gasteiger partial charge >= 0.3 is 0 Å². The van der Waals surface area contributed by atoms with Crippen molar-refractivity contribution in [3.63, 3.8) is 0 Å². The molecule has 2 unspecified atom stereocenters. The summed E-state index contributed by atoms with van der Waals surface area (Å²) in [5.74, 6) is 1.12. The van der Waals surface area contributed by atoms with E-state index in [0.29, 0.717) is 11.8 Å². The molecule has 15 aromatic rings. The second-order valence-corrected chi connectivity index (χ2v) is 31.3. The van der Waals surface area contributed by atoms with Crippen molar-refractivity contribution in [2.24, 2.45) is 0 Å². The molecule has 0 radical (unpaired) electrons. The molecule has 3 heterocycles. The third-order valence-electron chi connectivity index (χ3n) is 22.1. The Morgan fingerprint density at radius 2 is 0.543 bits per heavy atom. The molecule has 0 N–H and O–H groups in total. The molecule has 105 heavy (non-hydrogen) atoms. The maximum absolute atomic E-state index is 2.44. The van der Waals surface area contributed by atoms with Crippen LogP contribution in [0.3, 0.4) is 0 Å². The predicted molar refractivity (Wildman–Crippen MR) is 458 cm³/mol. The normalized spacial score (nSPS) is 12.4. The van der Waals surface area contributed by atoms with Crippen LogP contribution in [0.25, 0.3) is 82.5 Å². The summed E-state index contributed by atoms with van der Waals surface area (Å²) in [6.45, 7) is 27.5. The molecule has 534 valence electrons. The van der Waals surface area contributed by atoms with Gasteiger partial charge in [-0.25, -0.2) is 0 Å². The van der Waals surface area contributed by atoms with Gasteiger partial charge < -0.3 is 28.4 Å². The van der Waals surface area contributed by atoms with Gasteiger partial charge in [-0.3, -0.25) is 0 Å². The molecule has 6 nitrogen and oxygen atoms in total. The van der Waals surface area contributed by atoms with Crippen LogP contribution >= 0.6 is 0 Å². The summed E-state index contributed by atoms with van der Waals surface area (Å²) in [7, 11) is 6.37. The molecule has 3 aromatic heterocycles. The van der Waals surface area contributed by atoms with E-state index in [1.807, 2.05) is 0 Å². The van der Waals surface area contributed by atoms with Gasteiger partial charge in [0.2, 0.25) is 0 Å². The number of aromatic nitrogens is 3. The number of benzene rings is 12. The van der Waals surface area contributed by atoms with Crippen LogP contribution in [0.5, 0.6) is 0 Å². The van der Waals surface area contributed by atoms with E-state index in [0.717, 1.165) is 25.7 Å². The lowest BCUT2D eigenvalue weighted by Gasteiger charge is -2.20. The summed E-state index contributed by atoms with van der Waals surface area (Å²) in [6.07, 6.45) is 9.53. The van der Waals surface area contributed by atoms with E-state index in [2.05, 4.69) is 406 Å². The zero-order valence-electron chi connectivity index (χ0n) is 65.0. The van der Waals surface area contributed by atoms with E-state index < -0.39 is 0 Å². The Bertz CT molecular complexity index is 5230. The topological polar surface area (TPSA) is 24.5 Å². The minimum Gasteiger partial charge on any atom is -0.345 e. The molecule has 0 saturated heterocycles. The van der Waals surface area contributed by atoms with Gasteiger partial charge in [-0.05, 0) is 277 Å². The number of fused-ring (bicyclic) bond motifs is 9. The standard InChI is InChI=1S/3C33H36N2/c1-32(2,3)23-13-19-30-28(21-23)29-22-24(33(4,5)6)14-20-31(29)35(30)27-17-15-26(16-18-27)34(7)25-11-9-8-10-12-25;1-6-23(3)25-13-19-32-30(21-25)31-22-26(24(4)7-2)14-20-33(31)35(32)29-17-15-28(16-18-29)34(5)27-11-9-8-10-12-27;1-4-6-11-25-15-21-32-30(23-25)31-24-26(12-7-5-2)16-22-33(31)35(32)29-19-17-28(18-20-29)34(3)27-13-9-8-10-14-27/h8-22H,1-7H3;8-24H,6-7H2,1-5H3;8-10,13-24H,4-7,11-12H2,1-3H3. The highest BCUT2D eigenvalue weighted by molar-refractivity contribution is 6.12. The SMILES string of the molecule is CCC(C)c1ccc2c(c1)c1cc(C(C)CC)ccc1n2-c1ccc(N(C)c2ccccc2)cc1.CCCCc1ccc2c(c1)c1cc(CCCC)ccc1n2-c1ccc(N(C)c2ccccc2)cc1.CN(c1ccccc1)c1ccc(-n2c3ccc(C(C)(C)C)cc3c3cc(C(C)(C)C)ccc32)cc1. The lowest BCUT2D eigenvalue weighted by molar-refractivity contribution is 0.590. The largest absolute Gasteiger partial charge is 0.345 e. The molecular formula is C99H108N6. The number of hydrogen-bond donors (Lipinski definition) is 0. The summed E-state index contributed by atoms with van der Waals surface area (Å²) >= 11 is 0. The van der Waals surface area contributed by atoms with Gasteiger partial charge in [0.05, 0.1) is 33.1 Å². The molecule has 0 spiro atoms. The Morgan fingerprint density at radius 3 is 0.819 bits per heavy atom. The van der Waals surface area contributed by atoms with E-state index in [9.17, 15) is 0 Å². The van der Waals surface area contributed by atoms with Crippen molar-refractivity contribution in [1.82, 2.24) is 13.7 Å².